The highest BCUT2D eigenvalue weighted by Gasteiger charge is 2.08. The minimum absolute atomic E-state index is 0.660. The van der Waals surface area contributed by atoms with E-state index in [1.165, 1.54) is 0 Å². The second-order valence-electron chi connectivity index (χ2n) is 4.46. The van der Waals surface area contributed by atoms with Gasteiger partial charge in [-0.05, 0) is 37.3 Å². The molecule has 21 heavy (non-hydrogen) atoms. The average Bonchev–Trinajstić information content (AvgIpc) is 2.50. The number of halogens is 1. The Morgan fingerprint density at radius 1 is 1.05 bits per heavy atom. The van der Waals surface area contributed by atoms with Gasteiger partial charge in [-0.15, -0.1) is 0 Å². The molecule has 2 aromatic carbocycles. The van der Waals surface area contributed by atoms with Crippen LogP contribution < -0.4 is 5.32 Å². The number of nitrogens with zero attached hydrogens (tertiary/aromatic N) is 2. The van der Waals surface area contributed by atoms with Crippen molar-refractivity contribution >= 4 is 40.2 Å². The topological polar surface area (TPSA) is 37.8 Å². The van der Waals surface area contributed by atoms with Crippen molar-refractivity contribution in [1.29, 1.82) is 0 Å². The minimum atomic E-state index is 0.660. The van der Waals surface area contributed by atoms with Crippen molar-refractivity contribution in [2.45, 2.75) is 16.8 Å². The van der Waals surface area contributed by atoms with E-state index >= 15 is 0 Å². The molecular weight excluding hydrogens is 302 g/mol. The summed E-state index contributed by atoms with van der Waals surface area (Å²) in [5.41, 5.74) is 0.944. The molecule has 0 aliphatic carbocycles. The van der Waals surface area contributed by atoms with E-state index in [4.69, 9.17) is 11.6 Å². The van der Waals surface area contributed by atoms with Gasteiger partial charge < -0.3 is 5.32 Å². The van der Waals surface area contributed by atoms with E-state index in [-0.39, 0.29) is 0 Å². The lowest BCUT2D eigenvalue weighted by molar-refractivity contribution is 1.05. The first-order valence-electron chi connectivity index (χ1n) is 6.70. The van der Waals surface area contributed by atoms with Gasteiger partial charge in [0.2, 0.25) is 5.95 Å². The number of para-hydroxylation sites is 1. The van der Waals surface area contributed by atoms with Crippen molar-refractivity contribution < 1.29 is 0 Å². The maximum Gasteiger partial charge on any atom is 0.224 e. The molecule has 3 rings (SSSR count). The summed E-state index contributed by atoms with van der Waals surface area (Å²) in [5, 5.41) is 5.91. The van der Waals surface area contributed by atoms with Crippen molar-refractivity contribution in [2.75, 3.05) is 11.9 Å². The number of fused-ring (bicyclic) bond motifs is 1. The minimum Gasteiger partial charge on any atom is -0.354 e. The van der Waals surface area contributed by atoms with Gasteiger partial charge in [-0.3, -0.25) is 0 Å². The molecule has 0 aliphatic rings. The van der Waals surface area contributed by atoms with Crippen LogP contribution in [0.2, 0.25) is 5.02 Å². The van der Waals surface area contributed by atoms with Gasteiger partial charge >= 0.3 is 0 Å². The third kappa shape index (κ3) is 3.28. The molecule has 0 bridgehead atoms. The first-order valence-corrected chi connectivity index (χ1v) is 7.90. The molecule has 106 valence electrons. The fourth-order valence-corrected chi connectivity index (χ4v) is 3.01. The van der Waals surface area contributed by atoms with Gasteiger partial charge in [0.1, 0.15) is 5.03 Å². The van der Waals surface area contributed by atoms with Crippen LogP contribution in [-0.2, 0) is 0 Å². The predicted octanol–water partition coefficient (Wildman–Crippen LogP) is 4.87. The molecule has 0 amide bonds. The largest absolute Gasteiger partial charge is 0.354 e. The molecule has 0 saturated heterocycles. The summed E-state index contributed by atoms with van der Waals surface area (Å²) in [6, 6.07) is 15.8. The molecule has 1 heterocycles. The van der Waals surface area contributed by atoms with Crippen molar-refractivity contribution in [3.8, 4) is 0 Å². The van der Waals surface area contributed by atoms with E-state index in [1.807, 2.05) is 55.5 Å². The van der Waals surface area contributed by atoms with E-state index in [2.05, 4.69) is 15.3 Å². The number of benzene rings is 2. The summed E-state index contributed by atoms with van der Waals surface area (Å²) in [5.74, 6) is 0.660. The molecule has 5 heteroatoms. The average molecular weight is 316 g/mol. The van der Waals surface area contributed by atoms with Gasteiger partial charge in [0.25, 0.3) is 0 Å². The molecule has 0 radical (unpaired) electrons. The van der Waals surface area contributed by atoms with Crippen LogP contribution in [0, 0.1) is 0 Å². The maximum atomic E-state index is 5.93. The first-order chi connectivity index (χ1) is 10.3. The molecule has 0 aliphatic heterocycles. The Morgan fingerprint density at radius 2 is 1.81 bits per heavy atom. The smallest absolute Gasteiger partial charge is 0.224 e. The van der Waals surface area contributed by atoms with Crippen molar-refractivity contribution in [3.05, 3.63) is 53.6 Å². The summed E-state index contributed by atoms with van der Waals surface area (Å²) in [7, 11) is 0. The van der Waals surface area contributed by atoms with Crippen molar-refractivity contribution in [3.63, 3.8) is 0 Å². The number of anilines is 1. The Kier molecular flexibility index (Phi) is 4.27. The quantitative estimate of drug-likeness (QED) is 0.697. The zero-order chi connectivity index (χ0) is 14.7. The van der Waals surface area contributed by atoms with Crippen LogP contribution in [0.15, 0.2) is 58.5 Å². The zero-order valence-corrected chi connectivity index (χ0v) is 13.1. The SMILES string of the molecule is CCNc1nc(Sc2ccc(Cl)cc2)c2ccccc2n1. The van der Waals surface area contributed by atoms with Crippen LogP contribution >= 0.6 is 23.4 Å². The molecule has 0 spiro atoms. The molecule has 0 atom stereocenters. The van der Waals surface area contributed by atoms with Crippen LogP contribution in [0.3, 0.4) is 0 Å². The molecule has 3 aromatic rings. The molecule has 3 nitrogen and oxygen atoms in total. The maximum absolute atomic E-state index is 5.93. The van der Waals surface area contributed by atoms with Gasteiger partial charge in [0, 0.05) is 21.8 Å². The summed E-state index contributed by atoms with van der Waals surface area (Å²) in [4.78, 5) is 10.2. The number of rotatable bonds is 4. The molecule has 0 saturated carbocycles. The predicted molar refractivity (Wildman–Crippen MR) is 89.3 cm³/mol. The molecular formula is C16H14ClN3S. The van der Waals surface area contributed by atoms with Gasteiger partial charge in [-0.2, -0.15) is 0 Å². The summed E-state index contributed by atoms with van der Waals surface area (Å²) in [6.45, 7) is 2.83. The number of aromatic nitrogens is 2. The Labute approximate surface area is 132 Å². The monoisotopic (exact) mass is 315 g/mol. The number of hydrogen-bond donors (Lipinski definition) is 1. The molecule has 0 fully saturated rings. The zero-order valence-electron chi connectivity index (χ0n) is 11.5. The Hall–Kier alpha value is -1.78. The Morgan fingerprint density at radius 3 is 2.57 bits per heavy atom. The first kappa shape index (κ1) is 14.2. The fraction of sp³-hybridized carbons (Fsp3) is 0.125. The standard InChI is InChI=1S/C16H14ClN3S/c1-2-18-16-19-14-6-4-3-5-13(14)15(20-16)21-12-9-7-11(17)8-10-12/h3-10H,2H2,1H3,(H,18,19,20). The molecule has 1 aromatic heterocycles. The highest BCUT2D eigenvalue weighted by atomic mass is 35.5. The van der Waals surface area contributed by atoms with Crippen LogP contribution in [0.5, 0.6) is 0 Å². The van der Waals surface area contributed by atoms with Gasteiger partial charge in [0.15, 0.2) is 0 Å². The van der Waals surface area contributed by atoms with Crippen LogP contribution in [0.1, 0.15) is 6.92 Å². The number of hydrogen-bond acceptors (Lipinski definition) is 4. The second-order valence-corrected chi connectivity index (χ2v) is 5.95. The third-order valence-corrected chi connectivity index (χ3v) is 4.20. The highest BCUT2D eigenvalue weighted by Crippen LogP contribution is 2.32. The normalized spacial score (nSPS) is 10.8. The van der Waals surface area contributed by atoms with Crippen LogP contribution in [-0.4, -0.2) is 16.5 Å². The van der Waals surface area contributed by atoms with E-state index in [1.54, 1.807) is 11.8 Å². The van der Waals surface area contributed by atoms with Gasteiger partial charge in [0.05, 0.1) is 5.52 Å². The van der Waals surface area contributed by atoms with Crippen molar-refractivity contribution in [2.24, 2.45) is 0 Å². The van der Waals surface area contributed by atoms with Crippen molar-refractivity contribution in [1.82, 2.24) is 9.97 Å². The lowest BCUT2D eigenvalue weighted by Crippen LogP contribution is -2.03. The lowest BCUT2D eigenvalue weighted by Gasteiger charge is -2.09. The Balaban J connectivity index is 2.04. The van der Waals surface area contributed by atoms with E-state index in [9.17, 15) is 0 Å². The fourth-order valence-electron chi connectivity index (χ4n) is 1.98. The summed E-state index contributed by atoms with van der Waals surface area (Å²) < 4.78 is 0. The lowest BCUT2D eigenvalue weighted by atomic mass is 10.2. The van der Waals surface area contributed by atoms with Crippen LogP contribution in [0.4, 0.5) is 5.95 Å². The third-order valence-electron chi connectivity index (χ3n) is 2.93. The number of nitrogens with one attached hydrogen (secondary N) is 1. The highest BCUT2D eigenvalue weighted by molar-refractivity contribution is 7.99. The second kappa shape index (κ2) is 6.33. The van der Waals surface area contributed by atoms with Gasteiger partial charge in [-0.25, -0.2) is 9.97 Å². The Bertz CT molecular complexity index is 759. The van der Waals surface area contributed by atoms with E-state index in [0.29, 0.717) is 5.95 Å². The van der Waals surface area contributed by atoms with Gasteiger partial charge in [-0.1, -0.05) is 41.6 Å². The van der Waals surface area contributed by atoms with E-state index < -0.39 is 0 Å². The molecule has 1 N–H and O–H groups in total. The van der Waals surface area contributed by atoms with E-state index in [0.717, 1.165) is 32.4 Å². The molecule has 0 unspecified atom stereocenters. The summed E-state index contributed by atoms with van der Waals surface area (Å²) in [6.07, 6.45) is 0. The van der Waals surface area contributed by atoms with Crippen LogP contribution in [0.25, 0.3) is 10.9 Å². The summed E-state index contributed by atoms with van der Waals surface area (Å²) >= 11 is 7.55.